The van der Waals surface area contributed by atoms with E-state index in [9.17, 15) is 21.6 Å². The maximum absolute atomic E-state index is 12.5. The van der Waals surface area contributed by atoms with Gasteiger partial charge in [0, 0.05) is 19.3 Å². The lowest BCUT2D eigenvalue weighted by Gasteiger charge is -2.29. The summed E-state index contributed by atoms with van der Waals surface area (Å²) >= 11 is 0. The lowest BCUT2D eigenvalue weighted by atomic mass is 10.0. The van der Waals surface area contributed by atoms with Gasteiger partial charge < -0.3 is 5.11 Å². The first-order valence-electron chi connectivity index (χ1n) is 6.65. The van der Waals surface area contributed by atoms with E-state index >= 15 is 0 Å². The highest BCUT2D eigenvalue weighted by Gasteiger charge is 2.33. The Hall–Kier alpha value is -1.45. The molecule has 1 aliphatic rings. The van der Waals surface area contributed by atoms with Crippen LogP contribution in [-0.4, -0.2) is 51.6 Å². The molecule has 1 aliphatic heterocycles. The largest absolute Gasteiger partial charge is 0.481 e. The Labute approximate surface area is 129 Å². The monoisotopic (exact) mass is 347 g/mol. The predicted octanol–water partition coefficient (Wildman–Crippen LogP) is 0.575. The molecule has 0 aliphatic carbocycles. The Balaban J connectivity index is 2.28. The first kappa shape index (κ1) is 16.9. The van der Waals surface area contributed by atoms with Gasteiger partial charge in [-0.2, -0.15) is 4.31 Å². The summed E-state index contributed by atoms with van der Waals surface area (Å²) < 4.78 is 48.9. The minimum atomic E-state index is -3.82. The van der Waals surface area contributed by atoms with Crippen LogP contribution in [0.15, 0.2) is 34.1 Å². The number of sulfonamides is 1. The molecule has 0 aromatic heterocycles. The highest BCUT2D eigenvalue weighted by atomic mass is 32.2. The zero-order chi connectivity index (χ0) is 16.5. The molecule has 0 amide bonds. The Kier molecular flexibility index (Phi) is 4.59. The Morgan fingerprint density at radius 1 is 1.14 bits per heavy atom. The topological polar surface area (TPSA) is 109 Å². The molecule has 1 aromatic carbocycles. The summed E-state index contributed by atoms with van der Waals surface area (Å²) in [7, 11) is -7.21. The van der Waals surface area contributed by atoms with Crippen LogP contribution < -0.4 is 0 Å². The maximum atomic E-state index is 12.5. The van der Waals surface area contributed by atoms with E-state index in [1.165, 1.54) is 24.3 Å². The number of hydrogen-bond acceptors (Lipinski definition) is 5. The van der Waals surface area contributed by atoms with E-state index in [4.69, 9.17) is 5.11 Å². The zero-order valence-corrected chi connectivity index (χ0v) is 13.6. The van der Waals surface area contributed by atoms with Crippen molar-refractivity contribution in [3.8, 4) is 0 Å². The fourth-order valence-corrected chi connectivity index (χ4v) is 4.52. The first-order valence-corrected chi connectivity index (χ1v) is 9.98. The number of piperidine rings is 1. The standard InChI is InChI=1S/C13H17NO6S2/c1-21(17,18)11-4-6-12(7-5-11)22(19,20)14-8-2-3-10(9-14)13(15)16/h4-7,10H,2-3,8-9H2,1H3,(H,15,16). The quantitative estimate of drug-likeness (QED) is 0.853. The molecule has 0 saturated carbocycles. The average molecular weight is 347 g/mol. The van der Waals surface area contributed by atoms with Crippen LogP contribution >= 0.6 is 0 Å². The summed E-state index contributed by atoms with van der Waals surface area (Å²) in [6, 6.07) is 4.94. The summed E-state index contributed by atoms with van der Waals surface area (Å²) in [5.74, 6) is -1.72. The third kappa shape index (κ3) is 3.47. The van der Waals surface area contributed by atoms with Crippen LogP contribution in [0.5, 0.6) is 0 Å². The summed E-state index contributed by atoms with van der Waals surface area (Å²) in [5.41, 5.74) is 0. The van der Waals surface area contributed by atoms with Gasteiger partial charge in [0.2, 0.25) is 10.0 Å². The van der Waals surface area contributed by atoms with Gasteiger partial charge in [0.1, 0.15) is 0 Å². The Morgan fingerprint density at radius 3 is 2.18 bits per heavy atom. The smallest absolute Gasteiger partial charge is 0.307 e. The zero-order valence-electron chi connectivity index (χ0n) is 12.0. The summed E-state index contributed by atoms with van der Waals surface area (Å²) in [4.78, 5) is 11.0. The summed E-state index contributed by atoms with van der Waals surface area (Å²) in [5, 5.41) is 9.03. The van der Waals surface area contributed by atoms with Gasteiger partial charge >= 0.3 is 5.97 Å². The van der Waals surface area contributed by atoms with Crippen LogP contribution in [0.4, 0.5) is 0 Å². The molecule has 1 saturated heterocycles. The van der Waals surface area contributed by atoms with E-state index in [-0.39, 0.29) is 22.9 Å². The highest BCUT2D eigenvalue weighted by Crippen LogP contribution is 2.24. The van der Waals surface area contributed by atoms with Crippen molar-refractivity contribution in [3.63, 3.8) is 0 Å². The van der Waals surface area contributed by atoms with Crippen molar-refractivity contribution in [2.75, 3.05) is 19.3 Å². The second-order valence-electron chi connectivity index (χ2n) is 5.28. The normalized spacial score (nSPS) is 20.7. The lowest BCUT2D eigenvalue weighted by Crippen LogP contribution is -2.42. The second-order valence-corrected chi connectivity index (χ2v) is 9.24. The minimum absolute atomic E-state index is 0.0357. The molecular formula is C13H17NO6S2. The van der Waals surface area contributed by atoms with Gasteiger partial charge in [0.15, 0.2) is 9.84 Å². The molecule has 0 bridgehead atoms. The Bertz CT molecular complexity index is 767. The fraction of sp³-hybridized carbons (Fsp3) is 0.462. The number of carbonyl (C=O) groups is 1. The van der Waals surface area contributed by atoms with E-state index in [1.54, 1.807) is 0 Å². The number of benzene rings is 1. The third-order valence-electron chi connectivity index (χ3n) is 3.62. The van der Waals surface area contributed by atoms with Crippen molar-refractivity contribution in [3.05, 3.63) is 24.3 Å². The van der Waals surface area contributed by atoms with Gasteiger partial charge in [-0.3, -0.25) is 4.79 Å². The summed E-state index contributed by atoms with van der Waals surface area (Å²) in [6.07, 6.45) is 1.98. The number of aliphatic carboxylic acids is 1. The van der Waals surface area contributed by atoms with E-state index in [2.05, 4.69) is 0 Å². The molecule has 1 atom stereocenters. The van der Waals surface area contributed by atoms with Gasteiger partial charge in [-0.15, -0.1) is 0 Å². The van der Waals surface area contributed by atoms with Crippen LogP contribution in [0.2, 0.25) is 0 Å². The van der Waals surface area contributed by atoms with Gasteiger partial charge in [-0.1, -0.05) is 0 Å². The van der Waals surface area contributed by atoms with Crippen LogP contribution in [0.25, 0.3) is 0 Å². The van der Waals surface area contributed by atoms with Crippen molar-refractivity contribution in [2.24, 2.45) is 5.92 Å². The second kappa shape index (κ2) is 5.98. The number of hydrogen-bond donors (Lipinski definition) is 1. The molecule has 1 unspecified atom stereocenters. The molecule has 0 spiro atoms. The average Bonchev–Trinajstić information content (AvgIpc) is 2.46. The predicted molar refractivity (Wildman–Crippen MR) is 78.7 cm³/mol. The van der Waals surface area contributed by atoms with Crippen molar-refractivity contribution in [1.82, 2.24) is 4.31 Å². The van der Waals surface area contributed by atoms with Crippen LogP contribution in [0, 0.1) is 5.92 Å². The number of rotatable bonds is 4. The van der Waals surface area contributed by atoms with Gasteiger partial charge in [-0.05, 0) is 37.1 Å². The molecule has 122 valence electrons. The fourth-order valence-electron chi connectivity index (χ4n) is 2.37. The molecule has 1 fully saturated rings. The number of carboxylic acids is 1. The molecule has 1 aromatic rings. The van der Waals surface area contributed by atoms with Crippen molar-refractivity contribution in [2.45, 2.75) is 22.6 Å². The molecule has 1 heterocycles. The SMILES string of the molecule is CS(=O)(=O)c1ccc(S(=O)(=O)N2CCCC(C(=O)O)C2)cc1. The molecule has 1 N–H and O–H groups in total. The third-order valence-corrected chi connectivity index (χ3v) is 6.63. The Morgan fingerprint density at radius 2 is 1.68 bits per heavy atom. The first-order chi connectivity index (χ1) is 10.1. The number of sulfone groups is 1. The molecule has 0 radical (unpaired) electrons. The molecule has 7 nitrogen and oxygen atoms in total. The van der Waals surface area contributed by atoms with Crippen molar-refractivity contribution < 1.29 is 26.7 Å². The van der Waals surface area contributed by atoms with Crippen LogP contribution in [0.1, 0.15) is 12.8 Å². The molecule has 22 heavy (non-hydrogen) atoms. The lowest BCUT2D eigenvalue weighted by molar-refractivity contribution is -0.142. The minimum Gasteiger partial charge on any atom is -0.481 e. The maximum Gasteiger partial charge on any atom is 0.307 e. The summed E-state index contributed by atoms with van der Waals surface area (Å²) in [6.45, 7) is 0.200. The van der Waals surface area contributed by atoms with Gasteiger partial charge in [0.05, 0.1) is 15.7 Å². The van der Waals surface area contributed by atoms with Gasteiger partial charge in [0.25, 0.3) is 0 Å². The number of nitrogens with zero attached hydrogens (tertiary/aromatic N) is 1. The van der Waals surface area contributed by atoms with E-state index in [0.717, 1.165) is 10.6 Å². The van der Waals surface area contributed by atoms with Crippen LogP contribution in [0.3, 0.4) is 0 Å². The van der Waals surface area contributed by atoms with Crippen molar-refractivity contribution in [1.29, 1.82) is 0 Å². The molecule has 9 heteroatoms. The highest BCUT2D eigenvalue weighted by molar-refractivity contribution is 7.90. The molecular weight excluding hydrogens is 330 g/mol. The molecule has 2 rings (SSSR count). The van der Waals surface area contributed by atoms with Crippen LogP contribution in [-0.2, 0) is 24.7 Å². The van der Waals surface area contributed by atoms with E-state index in [1.807, 2.05) is 0 Å². The number of carboxylic acid groups (broad SMARTS) is 1. The van der Waals surface area contributed by atoms with Gasteiger partial charge in [-0.25, -0.2) is 16.8 Å². The van der Waals surface area contributed by atoms with Crippen molar-refractivity contribution >= 4 is 25.8 Å². The van der Waals surface area contributed by atoms with E-state index in [0.29, 0.717) is 12.8 Å². The van der Waals surface area contributed by atoms with E-state index < -0.39 is 31.7 Å².